The van der Waals surface area contributed by atoms with E-state index in [-0.39, 0.29) is 5.69 Å². The maximum atomic E-state index is 12.7. The molecule has 0 aliphatic carbocycles. The molecule has 0 aliphatic rings. The minimum atomic E-state index is -4.75. The highest BCUT2D eigenvalue weighted by atomic mass is 35.5. The number of nitrogens with zero attached hydrogens (tertiary/aromatic N) is 1. The van der Waals surface area contributed by atoms with E-state index in [0.717, 1.165) is 19.1 Å². The van der Waals surface area contributed by atoms with Crippen molar-refractivity contribution < 1.29 is 18.0 Å². The van der Waals surface area contributed by atoms with Crippen molar-refractivity contribution in [1.29, 1.82) is 5.26 Å². The van der Waals surface area contributed by atoms with Crippen molar-refractivity contribution in [3.05, 3.63) is 28.3 Å². The molecular formula is C10H6ClF3N2O. The van der Waals surface area contributed by atoms with Gasteiger partial charge in [-0.3, -0.25) is 4.79 Å². The molecular weight excluding hydrogens is 257 g/mol. The molecule has 0 fully saturated rings. The predicted octanol–water partition coefficient (Wildman–Crippen LogP) is 3.19. The maximum Gasteiger partial charge on any atom is 0.419 e. The Morgan fingerprint density at radius 2 is 2.06 bits per heavy atom. The molecule has 0 radical (unpaired) electrons. The van der Waals surface area contributed by atoms with Crippen molar-refractivity contribution >= 4 is 23.2 Å². The average molecular weight is 263 g/mol. The van der Waals surface area contributed by atoms with E-state index in [4.69, 9.17) is 16.9 Å². The molecule has 0 saturated carbocycles. The summed E-state index contributed by atoms with van der Waals surface area (Å²) in [5.74, 6) is -0.572. The molecule has 1 N–H and O–H groups in total. The molecule has 0 unspecified atom stereocenters. The second-order valence-corrected chi connectivity index (χ2v) is 3.54. The van der Waals surface area contributed by atoms with Gasteiger partial charge in [-0.05, 0) is 12.1 Å². The molecule has 17 heavy (non-hydrogen) atoms. The fourth-order valence-electron chi connectivity index (χ4n) is 1.26. The van der Waals surface area contributed by atoms with Crippen LogP contribution in [0.2, 0.25) is 5.02 Å². The third-order valence-electron chi connectivity index (χ3n) is 1.86. The maximum absolute atomic E-state index is 12.7. The van der Waals surface area contributed by atoms with E-state index in [0.29, 0.717) is 0 Å². The van der Waals surface area contributed by atoms with Crippen LogP contribution in [-0.4, -0.2) is 5.91 Å². The summed E-state index contributed by atoms with van der Waals surface area (Å²) < 4.78 is 38.0. The molecule has 1 rings (SSSR count). The third-order valence-corrected chi connectivity index (χ3v) is 2.18. The average Bonchev–Trinajstić information content (AvgIpc) is 2.17. The van der Waals surface area contributed by atoms with Gasteiger partial charge < -0.3 is 5.32 Å². The Morgan fingerprint density at radius 1 is 1.47 bits per heavy atom. The fourth-order valence-corrected chi connectivity index (χ4v) is 1.53. The van der Waals surface area contributed by atoms with Gasteiger partial charge in [0.25, 0.3) is 0 Å². The first kappa shape index (κ1) is 13.3. The van der Waals surface area contributed by atoms with Gasteiger partial charge in [0, 0.05) is 6.92 Å². The zero-order chi connectivity index (χ0) is 13.2. The number of benzene rings is 1. The molecule has 1 aromatic carbocycles. The number of hydrogen-bond acceptors (Lipinski definition) is 2. The molecule has 0 aliphatic heterocycles. The summed E-state index contributed by atoms with van der Waals surface area (Å²) in [5.41, 5.74) is -2.15. The Bertz CT molecular complexity index is 505. The normalized spacial score (nSPS) is 10.8. The molecule has 0 bridgehead atoms. The zero-order valence-electron chi connectivity index (χ0n) is 8.52. The van der Waals surface area contributed by atoms with Gasteiger partial charge in [0.15, 0.2) is 0 Å². The predicted molar refractivity (Wildman–Crippen MR) is 55.5 cm³/mol. The highest BCUT2D eigenvalue weighted by Gasteiger charge is 2.37. The lowest BCUT2D eigenvalue weighted by Crippen LogP contribution is -2.13. The summed E-state index contributed by atoms with van der Waals surface area (Å²) in [5, 5.41) is 10.3. The molecule has 1 amide bonds. The lowest BCUT2D eigenvalue weighted by atomic mass is 10.1. The first-order chi connectivity index (χ1) is 7.77. The van der Waals surface area contributed by atoms with E-state index in [1.165, 1.54) is 6.07 Å². The number of alkyl halides is 3. The van der Waals surface area contributed by atoms with Gasteiger partial charge in [0.05, 0.1) is 21.8 Å². The number of hydrogen-bond donors (Lipinski definition) is 1. The Hall–Kier alpha value is -1.74. The largest absolute Gasteiger partial charge is 0.419 e. The number of nitrogens with one attached hydrogen (secondary N) is 1. The molecule has 3 nitrogen and oxygen atoms in total. The quantitative estimate of drug-likeness (QED) is 0.845. The van der Waals surface area contributed by atoms with Crippen LogP contribution in [0, 0.1) is 11.3 Å². The highest BCUT2D eigenvalue weighted by molar-refractivity contribution is 6.31. The Kier molecular flexibility index (Phi) is 3.63. The van der Waals surface area contributed by atoms with Crippen LogP contribution in [0.25, 0.3) is 0 Å². The monoisotopic (exact) mass is 262 g/mol. The molecule has 0 atom stereocenters. The van der Waals surface area contributed by atoms with Gasteiger partial charge in [-0.25, -0.2) is 0 Å². The third kappa shape index (κ3) is 2.88. The topological polar surface area (TPSA) is 52.9 Å². The molecule has 90 valence electrons. The summed E-state index contributed by atoms with van der Waals surface area (Å²) in [7, 11) is 0. The standard InChI is InChI=1S/C10H6ClF3N2O/c1-5(17)16-8-3-2-7(11)9(6(8)4-15)10(12,13)14/h2-3H,1H3,(H,16,17). The number of rotatable bonds is 1. The van der Waals surface area contributed by atoms with Crippen molar-refractivity contribution in [2.75, 3.05) is 5.32 Å². The Labute approximate surface area is 99.8 Å². The van der Waals surface area contributed by atoms with Crippen molar-refractivity contribution in [3.8, 4) is 6.07 Å². The molecule has 1 aromatic rings. The van der Waals surface area contributed by atoms with Gasteiger partial charge in [-0.15, -0.1) is 0 Å². The Morgan fingerprint density at radius 3 is 2.47 bits per heavy atom. The molecule has 0 saturated heterocycles. The highest BCUT2D eigenvalue weighted by Crippen LogP contribution is 2.39. The number of halogens is 4. The number of amides is 1. The number of carbonyl (C=O) groups is 1. The SMILES string of the molecule is CC(=O)Nc1ccc(Cl)c(C(F)(F)F)c1C#N. The van der Waals surface area contributed by atoms with Gasteiger partial charge >= 0.3 is 6.18 Å². The van der Waals surface area contributed by atoms with E-state index < -0.39 is 28.2 Å². The summed E-state index contributed by atoms with van der Waals surface area (Å²) in [6.07, 6.45) is -4.75. The molecule has 0 heterocycles. The summed E-state index contributed by atoms with van der Waals surface area (Å²) in [6.45, 7) is 1.13. The zero-order valence-corrected chi connectivity index (χ0v) is 9.28. The molecule has 7 heteroatoms. The summed E-state index contributed by atoms with van der Waals surface area (Å²) in [6, 6.07) is 3.53. The van der Waals surface area contributed by atoms with Crippen LogP contribution in [-0.2, 0) is 11.0 Å². The van der Waals surface area contributed by atoms with Crippen LogP contribution in [0.4, 0.5) is 18.9 Å². The van der Waals surface area contributed by atoms with Gasteiger partial charge in [0.2, 0.25) is 5.91 Å². The van der Waals surface area contributed by atoms with Crippen molar-refractivity contribution in [2.24, 2.45) is 0 Å². The smallest absolute Gasteiger partial charge is 0.325 e. The van der Waals surface area contributed by atoms with E-state index in [2.05, 4.69) is 5.32 Å². The van der Waals surface area contributed by atoms with E-state index in [1.807, 2.05) is 0 Å². The first-order valence-electron chi connectivity index (χ1n) is 4.34. The lowest BCUT2D eigenvalue weighted by molar-refractivity contribution is -0.137. The first-order valence-corrected chi connectivity index (χ1v) is 4.72. The van der Waals surface area contributed by atoms with Crippen molar-refractivity contribution in [3.63, 3.8) is 0 Å². The van der Waals surface area contributed by atoms with Gasteiger partial charge in [-0.1, -0.05) is 11.6 Å². The second-order valence-electron chi connectivity index (χ2n) is 3.14. The summed E-state index contributed by atoms with van der Waals surface area (Å²) in [4.78, 5) is 10.8. The van der Waals surface area contributed by atoms with E-state index >= 15 is 0 Å². The van der Waals surface area contributed by atoms with Crippen LogP contribution >= 0.6 is 11.6 Å². The minimum absolute atomic E-state index is 0.211. The van der Waals surface area contributed by atoms with Crippen molar-refractivity contribution in [1.82, 2.24) is 0 Å². The van der Waals surface area contributed by atoms with Crippen LogP contribution < -0.4 is 5.32 Å². The molecule has 0 spiro atoms. The van der Waals surface area contributed by atoms with Crippen LogP contribution in [0.15, 0.2) is 12.1 Å². The van der Waals surface area contributed by atoms with Crippen LogP contribution in [0.1, 0.15) is 18.1 Å². The van der Waals surface area contributed by atoms with E-state index in [9.17, 15) is 18.0 Å². The van der Waals surface area contributed by atoms with Crippen molar-refractivity contribution in [2.45, 2.75) is 13.1 Å². The Balaban J connectivity index is 3.49. The number of anilines is 1. The van der Waals surface area contributed by atoms with Gasteiger partial charge in [0.1, 0.15) is 6.07 Å². The van der Waals surface area contributed by atoms with Gasteiger partial charge in [-0.2, -0.15) is 18.4 Å². The molecule has 0 aromatic heterocycles. The fraction of sp³-hybridized carbons (Fsp3) is 0.200. The second kappa shape index (κ2) is 4.63. The number of carbonyl (C=O) groups excluding carboxylic acids is 1. The summed E-state index contributed by atoms with van der Waals surface area (Å²) >= 11 is 5.42. The van der Waals surface area contributed by atoms with Crippen LogP contribution in [0.3, 0.4) is 0 Å². The van der Waals surface area contributed by atoms with E-state index in [1.54, 1.807) is 0 Å². The number of nitriles is 1. The lowest BCUT2D eigenvalue weighted by Gasteiger charge is -2.14. The van der Waals surface area contributed by atoms with Crippen LogP contribution in [0.5, 0.6) is 0 Å². The minimum Gasteiger partial charge on any atom is -0.325 e.